The van der Waals surface area contributed by atoms with Crippen LogP contribution in [0.1, 0.15) is 20.3 Å². The van der Waals surface area contributed by atoms with Crippen molar-refractivity contribution in [2.75, 3.05) is 19.9 Å². The van der Waals surface area contributed by atoms with Crippen molar-refractivity contribution in [3.05, 3.63) is 41.3 Å². The van der Waals surface area contributed by atoms with Crippen LogP contribution in [0.5, 0.6) is 5.75 Å². The summed E-state index contributed by atoms with van der Waals surface area (Å²) in [5, 5.41) is 2.88. The molecule has 29 heavy (non-hydrogen) atoms. The Labute approximate surface area is 186 Å². The monoisotopic (exact) mass is 468 g/mol. The highest BCUT2D eigenvalue weighted by Gasteiger charge is 2.50. The Bertz CT molecular complexity index is 689. The second-order valence-corrected chi connectivity index (χ2v) is 7.09. The fourth-order valence-electron chi connectivity index (χ4n) is 2.19. The van der Waals surface area contributed by atoms with E-state index in [1.54, 1.807) is 0 Å². The minimum atomic E-state index is -0.569. The first-order valence-electron chi connectivity index (χ1n) is 8.68. The summed E-state index contributed by atoms with van der Waals surface area (Å²) in [5.41, 5.74) is 5.80. The molecule has 0 aromatic heterocycles. The summed E-state index contributed by atoms with van der Waals surface area (Å²) in [6.45, 7) is 8.54. The molecule has 3 atom stereocenters. The van der Waals surface area contributed by atoms with Crippen LogP contribution in [0.3, 0.4) is 0 Å². The molecule has 0 radical (unpaired) electrons. The van der Waals surface area contributed by atoms with E-state index in [9.17, 15) is 9.18 Å². The van der Waals surface area contributed by atoms with Gasteiger partial charge in [0.15, 0.2) is 0 Å². The first kappa shape index (κ1) is 25.8. The van der Waals surface area contributed by atoms with Crippen LogP contribution in [-0.2, 0) is 13.8 Å². The van der Waals surface area contributed by atoms with Crippen LogP contribution >= 0.6 is 37.3 Å². The van der Waals surface area contributed by atoms with Crippen LogP contribution in [-0.4, -0.2) is 42.2 Å². The SMILES string of the molecule is C=C(CCNC(=O)C1C(C)N1SOCC)NNOCOc1ccc(Cl)c(F)c1.S. The molecule has 1 amide bonds. The highest BCUT2D eigenvalue weighted by atomic mass is 35.5. The number of benzene rings is 1. The second kappa shape index (κ2) is 13.2. The molecule has 164 valence electrons. The Morgan fingerprint density at radius 1 is 1.45 bits per heavy atom. The Kier molecular flexibility index (Phi) is 11.7. The van der Waals surface area contributed by atoms with Gasteiger partial charge in [-0.2, -0.15) is 13.5 Å². The largest absolute Gasteiger partial charge is 0.466 e. The number of carbonyl (C=O) groups excluding carboxylic acids is 1. The van der Waals surface area contributed by atoms with Gasteiger partial charge in [-0.05, 0) is 26.0 Å². The first-order valence-corrected chi connectivity index (χ1v) is 9.75. The average molecular weight is 469 g/mol. The summed E-state index contributed by atoms with van der Waals surface area (Å²) in [7, 11) is 0. The number of hydrazine groups is 1. The lowest BCUT2D eigenvalue weighted by Crippen LogP contribution is -2.35. The van der Waals surface area contributed by atoms with Gasteiger partial charge < -0.3 is 19.7 Å². The lowest BCUT2D eigenvalue weighted by Gasteiger charge is -2.12. The molecule has 1 aliphatic rings. The van der Waals surface area contributed by atoms with Gasteiger partial charge in [0.25, 0.3) is 0 Å². The molecule has 0 spiro atoms. The van der Waals surface area contributed by atoms with E-state index in [4.69, 9.17) is 25.4 Å². The zero-order valence-electron chi connectivity index (χ0n) is 16.2. The number of halogens is 2. The minimum Gasteiger partial charge on any atom is -0.466 e. The lowest BCUT2D eigenvalue weighted by molar-refractivity contribution is -0.121. The molecule has 0 bridgehead atoms. The molecule has 1 saturated heterocycles. The van der Waals surface area contributed by atoms with Gasteiger partial charge in [-0.3, -0.25) is 4.79 Å². The summed E-state index contributed by atoms with van der Waals surface area (Å²) in [6.07, 6.45) is 0.505. The number of nitrogens with zero attached hydrogens (tertiary/aromatic N) is 1. The van der Waals surface area contributed by atoms with Crippen LogP contribution < -0.4 is 21.1 Å². The molecule has 3 N–H and O–H groups in total. The number of hydrogen-bond donors (Lipinski definition) is 3. The molecule has 3 unspecified atom stereocenters. The van der Waals surface area contributed by atoms with E-state index in [0.29, 0.717) is 25.3 Å². The third kappa shape index (κ3) is 8.59. The molecule has 12 heteroatoms. The van der Waals surface area contributed by atoms with Gasteiger partial charge in [-0.1, -0.05) is 18.2 Å². The van der Waals surface area contributed by atoms with Crippen molar-refractivity contribution in [2.45, 2.75) is 32.4 Å². The van der Waals surface area contributed by atoms with Gasteiger partial charge >= 0.3 is 0 Å². The van der Waals surface area contributed by atoms with Gasteiger partial charge in [0, 0.05) is 30.8 Å². The molecule has 1 heterocycles. The van der Waals surface area contributed by atoms with E-state index >= 15 is 0 Å². The van der Waals surface area contributed by atoms with Crippen molar-refractivity contribution >= 4 is 43.2 Å². The van der Waals surface area contributed by atoms with Crippen molar-refractivity contribution in [3.8, 4) is 5.75 Å². The average Bonchev–Trinajstić information content (AvgIpc) is 3.32. The third-order valence-corrected chi connectivity index (χ3v) is 5.15. The highest BCUT2D eigenvalue weighted by Crippen LogP contribution is 2.36. The molecular formula is C17H26ClFN4O4S2. The Morgan fingerprint density at radius 2 is 2.21 bits per heavy atom. The molecule has 1 fully saturated rings. The predicted molar refractivity (Wildman–Crippen MR) is 116 cm³/mol. The molecule has 0 aliphatic carbocycles. The molecule has 8 nitrogen and oxygen atoms in total. The maximum atomic E-state index is 13.3. The van der Waals surface area contributed by atoms with Crippen LogP contribution in [0.25, 0.3) is 0 Å². The fourth-order valence-corrected chi connectivity index (χ4v) is 3.10. The lowest BCUT2D eigenvalue weighted by atomic mass is 10.3. The van der Waals surface area contributed by atoms with E-state index < -0.39 is 5.82 Å². The summed E-state index contributed by atoms with van der Waals surface area (Å²) in [5.74, 6) is -0.322. The molecular weight excluding hydrogens is 443 g/mol. The molecule has 1 aromatic carbocycles. The van der Waals surface area contributed by atoms with Crippen LogP contribution in [0.2, 0.25) is 5.02 Å². The maximum absolute atomic E-state index is 13.3. The van der Waals surface area contributed by atoms with Gasteiger partial charge in [0.05, 0.1) is 23.9 Å². The number of amides is 1. The van der Waals surface area contributed by atoms with E-state index in [-0.39, 0.29) is 49.1 Å². The molecule has 1 aromatic rings. The van der Waals surface area contributed by atoms with E-state index in [0.717, 1.165) is 6.07 Å². The van der Waals surface area contributed by atoms with Crippen LogP contribution in [0.15, 0.2) is 30.5 Å². The third-order valence-electron chi connectivity index (χ3n) is 3.77. The van der Waals surface area contributed by atoms with Crippen molar-refractivity contribution in [2.24, 2.45) is 0 Å². The van der Waals surface area contributed by atoms with Gasteiger partial charge in [-0.25, -0.2) is 13.5 Å². The zero-order valence-corrected chi connectivity index (χ0v) is 18.7. The molecule has 0 saturated carbocycles. The first-order chi connectivity index (χ1) is 13.4. The van der Waals surface area contributed by atoms with Crippen molar-refractivity contribution < 1.29 is 22.9 Å². The maximum Gasteiger partial charge on any atom is 0.240 e. The normalized spacial score (nSPS) is 19.8. The van der Waals surface area contributed by atoms with E-state index in [1.807, 2.05) is 18.2 Å². The number of ether oxygens (including phenoxy) is 1. The van der Waals surface area contributed by atoms with Gasteiger partial charge in [0.2, 0.25) is 12.7 Å². The van der Waals surface area contributed by atoms with Crippen molar-refractivity contribution in [1.29, 1.82) is 0 Å². The predicted octanol–water partition coefficient (Wildman–Crippen LogP) is 2.65. The highest BCUT2D eigenvalue weighted by molar-refractivity contribution is 7.92. The Hall–Kier alpha value is -1.21. The van der Waals surface area contributed by atoms with Gasteiger partial charge in [-0.15, -0.1) is 5.59 Å². The second-order valence-electron chi connectivity index (χ2n) is 5.88. The number of rotatable bonds is 13. The van der Waals surface area contributed by atoms with E-state index in [1.165, 1.54) is 24.4 Å². The Morgan fingerprint density at radius 3 is 2.90 bits per heavy atom. The summed E-state index contributed by atoms with van der Waals surface area (Å²) in [6, 6.07) is 4.07. The summed E-state index contributed by atoms with van der Waals surface area (Å²) >= 11 is 6.81. The molecule has 1 aliphatic heterocycles. The van der Waals surface area contributed by atoms with Crippen molar-refractivity contribution in [1.82, 2.24) is 20.6 Å². The smallest absolute Gasteiger partial charge is 0.240 e. The number of carbonyl (C=O) groups is 1. The number of hydrogen-bond acceptors (Lipinski definition) is 8. The standard InChI is InChI=1S/C17H24ClFN4O4S.H2S/c1-4-27-28-23-12(3)16(23)17(24)20-8-7-11(2)21-22-26-10-25-13-5-6-14(18)15(19)9-13;/h5-6,9,12,16,21-22H,2,4,7-8,10H2,1,3H3,(H,20,24);1H2. The Balaban J connectivity index is 0.00000420. The van der Waals surface area contributed by atoms with Gasteiger partial charge in [0.1, 0.15) is 17.6 Å². The fraction of sp³-hybridized carbons (Fsp3) is 0.471. The number of nitrogens with one attached hydrogen (secondary N) is 3. The van der Waals surface area contributed by atoms with Crippen LogP contribution in [0, 0.1) is 5.82 Å². The van der Waals surface area contributed by atoms with E-state index in [2.05, 4.69) is 22.9 Å². The summed E-state index contributed by atoms with van der Waals surface area (Å²) < 4.78 is 25.6. The minimum absolute atomic E-state index is 0. The van der Waals surface area contributed by atoms with Crippen LogP contribution in [0.4, 0.5) is 4.39 Å². The topological polar surface area (TPSA) is 83.9 Å². The van der Waals surface area contributed by atoms with Crippen molar-refractivity contribution in [3.63, 3.8) is 0 Å². The molecule has 2 rings (SSSR count). The summed E-state index contributed by atoms with van der Waals surface area (Å²) in [4.78, 5) is 17.1. The quantitative estimate of drug-likeness (QED) is 0.102. The zero-order chi connectivity index (χ0) is 20.5.